The van der Waals surface area contributed by atoms with Gasteiger partial charge in [-0.1, -0.05) is 6.08 Å². The molecule has 5 atom stereocenters. The Morgan fingerprint density at radius 3 is 2.62 bits per heavy atom. The van der Waals surface area contributed by atoms with Crippen molar-refractivity contribution in [2.24, 2.45) is 0 Å². The van der Waals surface area contributed by atoms with Crippen LogP contribution in [0.2, 0.25) is 0 Å². The van der Waals surface area contributed by atoms with E-state index in [1.165, 1.54) is 7.11 Å². The van der Waals surface area contributed by atoms with Crippen molar-refractivity contribution in [3.05, 3.63) is 12.7 Å². The minimum atomic E-state index is -0.997. The maximum absolute atomic E-state index is 9.85. The van der Waals surface area contributed by atoms with Gasteiger partial charge in [-0.3, -0.25) is 0 Å². The maximum atomic E-state index is 9.85. The lowest BCUT2D eigenvalue weighted by Gasteiger charge is -2.41. The summed E-state index contributed by atoms with van der Waals surface area (Å²) in [5.74, 6) is 0. The Kier molecular flexibility index (Phi) is 5.33. The number of hydrogen-bond donors (Lipinski definition) is 4. The van der Waals surface area contributed by atoms with E-state index in [1.807, 2.05) is 0 Å². The third-order valence-corrected chi connectivity index (χ3v) is 2.61. The first kappa shape index (κ1) is 13.6. The average molecular weight is 233 g/mol. The Labute approximate surface area is 94.5 Å². The molecule has 0 spiro atoms. The first-order chi connectivity index (χ1) is 7.65. The van der Waals surface area contributed by atoms with Crippen molar-refractivity contribution in [1.82, 2.24) is 5.32 Å². The predicted molar refractivity (Wildman–Crippen MR) is 56.8 cm³/mol. The normalized spacial score (nSPS) is 39.6. The summed E-state index contributed by atoms with van der Waals surface area (Å²) in [6.45, 7) is 3.64. The van der Waals surface area contributed by atoms with Crippen LogP contribution in [-0.2, 0) is 9.47 Å². The topological polar surface area (TPSA) is 91.2 Å². The largest absolute Gasteiger partial charge is 0.394 e. The summed E-state index contributed by atoms with van der Waals surface area (Å²) in [7, 11) is 1.39. The Bertz CT molecular complexity index is 209. The summed E-state index contributed by atoms with van der Waals surface area (Å²) >= 11 is 0. The van der Waals surface area contributed by atoms with Crippen molar-refractivity contribution in [3.63, 3.8) is 0 Å². The van der Waals surface area contributed by atoms with Crippen LogP contribution < -0.4 is 5.32 Å². The lowest BCUT2D eigenvalue weighted by atomic mass is 9.96. The van der Waals surface area contributed by atoms with Gasteiger partial charge in [0.2, 0.25) is 0 Å². The molecule has 0 aromatic heterocycles. The molecule has 6 heteroatoms. The van der Waals surface area contributed by atoms with Gasteiger partial charge in [-0.2, -0.15) is 0 Å². The number of nitrogens with one attached hydrogen (secondary N) is 1. The zero-order valence-electron chi connectivity index (χ0n) is 9.24. The van der Waals surface area contributed by atoms with E-state index in [0.29, 0.717) is 6.54 Å². The van der Waals surface area contributed by atoms with Crippen molar-refractivity contribution < 1.29 is 24.8 Å². The Morgan fingerprint density at radius 2 is 2.12 bits per heavy atom. The third kappa shape index (κ3) is 2.79. The highest BCUT2D eigenvalue weighted by atomic mass is 16.7. The van der Waals surface area contributed by atoms with Crippen molar-refractivity contribution in [3.8, 4) is 0 Å². The van der Waals surface area contributed by atoms with E-state index in [9.17, 15) is 10.2 Å². The van der Waals surface area contributed by atoms with Gasteiger partial charge in [-0.05, 0) is 0 Å². The van der Waals surface area contributed by atoms with Gasteiger partial charge in [0.15, 0.2) is 6.29 Å². The van der Waals surface area contributed by atoms with Gasteiger partial charge in [0.1, 0.15) is 18.3 Å². The molecule has 6 nitrogen and oxygen atoms in total. The molecule has 94 valence electrons. The number of aliphatic hydroxyl groups excluding tert-OH is 3. The van der Waals surface area contributed by atoms with Crippen LogP contribution in [0, 0.1) is 0 Å². The van der Waals surface area contributed by atoms with Crippen molar-refractivity contribution in [1.29, 1.82) is 0 Å². The molecule has 0 aliphatic carbocycles. The van der Waals surface area contributed by atoms with Gasteiger partial charge < -0.3 is 30.1 Å². The third-order valence-electron chi connectivity index (χ3n) is 2.61. The monoisotopic (exact) mass is 233 g/mol. The smallest absolute Gasteiger partial charge is 0.185 e. The summed E-state index contributed by atoms with van der Waals surface area (Å²) < 4.78 is 10.1. The van der Waals surface area contributed by atoms with Crippen LogP contribution in [0.15, 0.2) is 12.7 Å². The molecule has 1 heterocycles. The zero-order valence-corrected chi connectivity index (χ0v) is 9.24. The molecule has 1 rings (SSSR count). The van der Waals surface area contributed by atoms with Crippen molar-refractivity contribution >= 4 is 0 Å². The number of rotatable bonds is 5. The lowest BCUT2D eigenvalue weighted by molar-refractivity contribution is -0.271. The van der Waals surface area contributed by atoms with E-state index in [2.05, 4.69) is 11.9 Å². The average Bonchev–Trinajstić information content (AvgIpc) is 2.29. The minimum Gasteiger partial charge on any atom is -0.394 e. The second-order valence-electron chi connectivity index (χ2n) is 3.67. The van der Waals surface area contributed by atoms with Crippen LogP contribution in [0.25, 0.3) is 0 Å². The molecular formula is C10H19NO5. The Morgan fingerprint density at radius 1 is 1.44 bits per heavy atom. The predicted octanol–water partition coefficient (Wildman–Crippen LogP) is -1.78. The molecular weight excluding hydrogens is 214 g/mol. The SMILES string of the molecule is C=CCN[C@H]1[C@H](O)[C@@H](OC)O[C@H](CO)[C@H]1O. The van der Waals surface area contributed by atoms with Gasteiger partial charge in [-0.15, -0.1) is 6.58 Å². The zero-order chi connectivity index (χ0) is 12.1. The van der Waals surface area contributed by atoms with Crippen LogP contribution in [0.3, 0.4) is 0 Å². The first-order valence-electron chi connectivity index (χ1n) is 5.15. The Balaban J connectivity index is 2.70. The summed E-state index contributed by atoms with van der Waals surface area (Å²) in [4.78, 5) is 0. The van der Waals surface area contributed by atoms with Crippen LogP contribution in [0.1, 0.15) is 0 Å². The highest BCUT2D eigenvalue weighted by Crippen LogP contribution is 2.21. The van der Waals surface area contributed by atoms with Crippen molar-refractivity contribution in [2.45, 2.75) is 30.6 Å². The highest BCUT2D eigenvalue weighted by Gasteiger charge is 2.43. The van der Waals surface area contributed by atoms with Crippen LogP contribution >= 0.6 is 0 Å². The molecule has 0 bridgehead atoms. The highest BCUT2D eigenvalue weighted by molar-refractivity contribution is 4.95. The molecule has 0 aromatic rings. The number of methoxy groups -OCH3 is 1. The summed E-state index contributed by atoms with van der Waals surface area (Å²) in [6, 6.07) is -0.617. The molecule has 0 aromatic carbocycles. The van der Waals surface area contributed by atoms with E-state index < -0.39 is 30.6 Å². The van der Waals surface area contributed by atoms with E-state index in [-0.39, 0.29) is 6.61 Å². The van der Waals surface area contributed by atoms with E-state index in [1.54, 1.807) is 6.08 Å². The molecule has 0 unspecified atom stereocenters. The molecule has 1 fully saturated rings. The molecule has 1 aliphatic rings. The van der Waals surface area contributed by atoms with Crippen LogP contribution in [0.5, 0.6) is 0 Å². The van der Waals surface area contributed by atoms with E-state index in [0.717, 1.165) is 0 Å². The quantitative estimate of drug-likeness (QED) is 0.420. The summed E-state index contributed by atoms with van der Waals surface area (Å²) in [6.07, 6.45) is -2.00. The van der Waals surface area contributed by atoms with E-state index >= 15 is 0 Å². The molecule has 0 amide bonds. The van der Waals surface area contributed by atoms with Gasteiger partial charge in [0.25, 0.3) is 0 Å². The molecule has 1 aliphatic heterocycles. The van der Waals surface area contributed by atoms with E-state index in [4.69, 9.17) is 14.6 Å². The number of aliphatic hydroxyl groups is 3. The number of hydrogen-bond acceptors (Lipinski definition) is 6. The maximum Gasteiger partial charge on any atom is 0.185 e. The van der Waals surface area contributed by atoms with Gasteiger partial charge in [-0.25, -0.2) is 0 Å². The molecule has 0 radical (unpaired) electrons. The summed E-state index contributed by atoms with van der Waals surface area (Å²) in [5.41, 5.74) is 0. The standard InChI is InChI=1S/C10H19NO5/c1-3-4-11-7-8(13)6(5-12)16-10(15-2)9(7)14/h3,6-14H,1,4-5H2,2H3/t6-,7-,8-,9+,10+/m1/s1. The fraction of sp³-hybridized carbons (Fsp3) is 0.800. The number of ether oxygens (including phenoxy) is 2. The second-order valence-corrected chi connectivity index (χ2v) is 3.67. The van der Waals surface area contributed by atoms with Crippen LogP contribution in [-0.4, -0.2) is 66.2 Å². The fourth-order valence-corrected chi connectivity index (χ4v) is 1.74. The molecule has 0 saturated carbocycles. The van der Waals surface area contributed by atoms with Gasteiger partial charge >= 0.3 is 0 Å². The second kappa shape index (κ2) is 6.29. The lowest BCUT2D eigenvalue weighted by Crippen LogP contribution is -2.64. The van der Waals surface area contributed by atoms with Crippen molar-refractivity contribution in [2.75, 3.05) is 20.3 Å². The fourth-order valence-electron chi connectivity index (χ4n) is 1.74. The Hall–Kier alpha value is -0.500. The molecule has 1 saturated heterocycles. The van der Waals surface area contributed by atoms with Gasteiger partial charge in [0, 0.05) is 13.7 Å². The minimum absolute atomic E-state index is 0.333. The van der Waals surface area contributed by atoms with Crippen LogP contribution in [0.4, 0.5) is 0 Å². The summed E-state index contributed by atoms with van der Waals surface area (Å²) in [5, 5.41) is 31.6. The van der Waals surface area contributed by atoms with Gasteiger partial charge in [0.05, 0.1) is 12.6 Å². The molecule has 4 N–H and O–H groups in total. The first-order valence-corrected chi connectivity index (χ1v) is 5.15. The molecule has 16 heavy (non-hydrogen) atoms.